The number of benzene rings is 1. The average Bonchev–Trinajstić information content (AvgIpc) is 3.24. The van der Waals surface area contributed by atoms with Gasteiger partial charge < -0.3 is 10.2 Å². The van der Waals surface area contributed by atoms with Crippen LogP contribution in [0.3, 0.4) is 0 Å². The van der Waals surface area contributed by atoms with Crippen LogP contribution in [0.25, 0.3) is 5.69 Å². The number of nitrogens with one attached hydrogen (secondary N) is 1. The molecule has 1 aliphatic rings. The van der Waals surface area contributed by atoms with Crippen LogP contribution in [-0.4, -0.2) is 38.7 Å². The van der Waals surface area contributed by atoms with Crippen LogP contribution in [0, 0.1) is 5.92 Å². The van der Waals surface area contributed by atoms with Crippen LogP contribution in [0.15, 0.2) is 61.2 Å². The number of amides is 1. The lowest BCUT2D eigenvalue weighted by Crippen LogP contribution is -2.39. The lowest BCUT2D eigenvalue weighted by Gasteiger charge is -2.31. The van der Waals surface area contributed by atoms with Gasteiger partial charge >= 0.3 is 0 Å². The third kappa shape index (κ3) is 3.56. The Bertz CT molecular complexity index is 840. The van der Waals surface area contributed by atoms with E-state index in [1.807, 2.05) is 36.5 Å². The minimum absolute atomic E-state index is 0.0146. The molecule has 2 aromatic heterocycles. The van der Waals surface area contributed by atoms with Gasteiger partial charge in [0.05, 0.1) is 5.69 Å². The zero-order chi connectivity index (χ0) is 17.8. The van der Waals surface area contributed by atoms with E-state index >= 15 is 0 Å². The number of aromatic nitrogens is 4. The van der Waals surface area contributed by atoms with Crippen molar-refractivity contribution in [3.63, 3.8) is 0 Å². The predicted octanol–water partition coefficient (Wildman–Crippen LogP) is 2.52. The molecule has 1 aliphatic heterocycles. The monoisotopic (exact) mass is 348 g/mol. The molecule has 26 heavy (non-hydrogen) atoms. The summed E-state index contributed by atoms with van der Waals surface area (Å²) in [5.74, 6) is 0.826. The van der Waals surface area contributed by atoms with E-state index in [0.29, 0.717) is 0 Å². The zero-order valence-electron chi connectivity index (χ0n) is 14.3. The molecule has 1 aromatic carbocycles. The smallest absolute Gasteiger partial charge is 0.227 e. The lowest BCUT2D eigenvalue weighted by atomic mass is 9.96. The van der Waals surface area contributed by atoms with E-state index in [1.165, 1.54) is 0 Å². The first-order valence-electron chi connectivity index (χ1n) is 8.72. The van der Waals surface area contributed by atoms with E-state index in [1.54, 1.807) is 29.3 Å². The fourth-order valence-corrected chi connectivity index (χ4v) is 3.16. The molecule has 4 rings (SSSR count). The zero-order valence-corrected chi connectivity index (χ0v) is 14.3. The van der Waals surface area contributed by atoms with Gasteiger partial charge in [-0.3, -0.25) is 4.79 Å². The maximum atomic E-state index is 12.5. The van der Waals surface area contributed by atoms with E-state index in [4.69, 9.17) is 0 Å². The van der Waals surface area contributed by atoms with Crippen LogP contribution < -0.4 is 10.2 Å². The number of hydrogen-bond acceptors (Lipinski definition) is 5. The highest BCUT2D eigenvalue weighted by Gasteiger charge is 2.26. The maximum absolute atomic E-state index is 12.5. The molecule has 0 spiro atoms. The molecule has 0 radical (unpaired) electrons. The second-order valence-corrected chi connectivity index (χ2v) is 6.30. The molecule has 0 aliphatic carbocycles. The first-order chi connectivity index (χ1) is 12.8. The van der Waals surface area contributed by atoms with Gasteiger partial charge in [-0.15, -0.1) is 0 Å². The largest absolute Gasteiger partial charge is 0.341 e. The van der Waals surface area contributed by atoms with Crippen molar-refractivity contribution in [3.8, 4) is 5.69 Å². The van der Waals surface area contributed by atoms with Gasteiger partial charge in [0.25, 0.3) is 0 Å². The van der Waals surface area contributed by atoms with E-state index in [2.05, 4.69) is 25.3 Å². The number of carbonyl (C=O) groups is 1. The number of carbonyl (C=O) groups excluding carboxylic acids is 1. The van der Waals surface area contributed by atoms with Crippen molar-refractivity contribution in [2.75, 3.05) is 23.3 Å². The van der Waals surface area contributed by atoms with Gasteiger partial charge in [0.1, 0.15) is 0 Å². The molecule has 7 nitrogen and oxygen atoms in total. The SMILES string of the molecule is O=C(Nc1ccc(-n2cccn2)cc1)C1CCN(c2ncccn2)CC1. The Balaban J connectivity index is 1.33. The molecular weight excluding hydrogens is 328 g/mol. The summed E-state index contributed by atoms with van der Waals surface area (Å²) in [5.41, 5.74) is 1.77. The Hall–Kier alpha value is -3.22. The van der Waals surface area contributed by atoms with E-state index in [9.17, 15) is 4.79 Å². The minimum atomic E-state index is 0.0146. The summed E-state index contributed by atoms with van der Waals surface area (Å²) in [7, 11) is 0. The molecule has 0 bridgehead atoms. The van der Waals surface area contributed by atoms with Gasteiger partial charge in [-0.1, -0.05) is 0 Å². The molecule has 1 amide bonds. The highest BCUT2D eigenvalue weighted by Crippen LogP contribution is 2.22. The summed E-state index contributed by atoms with van der Waals surface area (Å²) in [6.07, 6.45) is 8.72. The van der Waals surface area contributed by atoms with Crippen LogP contribution in [0.4, 0.5) is 11.6 Å². The average molecular weight is 348 g/mol. The standard InChI is InChI=1S/C19H20N6O/c26-18(15-7-13-24(14-8-15)19-20-9-1-10-21-19)23-16-3-5-17(6-4-16)25-12-2-11-22-25/h1-6,9-12,15H,7-8,13-14H2,(H,23,26). The van der Waals surface area contributed by atoms with Crippen molar-refractivity contribution in [1.82, 2.24) is 19.7 Å². The second kappa shape index (κ2) is 7.35. The van der Waals surface area contributed by atoms with Gasteiger partial charge in [0.2, 0.25) is 11.9 Å². The number of piperidine rings is 1. The number of rotatable bonds is 4. The molecule has 0 atom stereocenters. The Morgan fingerprint density at radius 2 is 1.73 bits per heavy atom. The Morgan fingerprint density at radius 1 is 1.00 bits per heavy atom. The summed E-state index contributed by atoms with van der Waals surface area (Å²) in [5, 5.41) is 7.22. The van der Waals surface area contributed by atoms with E-state index in [0.717, 1.165) is 43.3 Å². The van der Waals surface area contributed by atoms with E-state index < -0.39 is 0 Å². The van der Waals surface area contributed by atoms with Crippen LogP contribution in [0.1, 0.15) is 12.8 Å². The number of nitrogens with zero attached hydrogens (tertiary/aromatic N) is 5. The fraction of sp³-hybridized carbons (Fsp3) is 0.263. The lowest BCUT2D eigenvalue weighted by molar-refractivity contribution is -0.120. The topological polar surface area (TPSA) is 75.9 Å². The van der Waals surface area contributed by atoms with Crippen LogP contribution in [0.2, 0.25) is 0 Å². The molecule has 1 saturated heterocycles. The molecule has 0 saturated carbocycles. The van der Waals surface area contributed by atoms with Gasteiger partial charge in [0.15, 0.2) is 0 Å². The molecule has 132 valence electrons. The predicted molar refractivity (Wildman–Crippen MR) is 99.2 cm³/mol. The Labute approximate surface area is 151 Å². The molecule has 0 unspecified atom stereocenters. The van der Waals surface area contributed by atoms with E-state index in [-0.39, 0.29) is 11.8 Å². The molecule has 3 aromatic rings. The summed E-state index contributed by atoms with van der Waals surface area (Å²) in [6, 6.07) is 11.4. The Morgan fingerprint density at radius 3 is 2.38 bits per heavy atom. The maximum Gasteiger partial charge on any atom is 0.227 e. The van der Waals surface area contributed by atoms with Crippen molar-refractivity contribution in [1.29, 1.82) is 0 Å². The third-order valence-electron chi connectivity index (χ3n) is 4.60. The first kappa shape index (κ1) is 16.3. The summed E-state index contributed by atoms with van der Waals surface area (Å²) >= 11 is 0. The van der Waals surface area contributed by atoms with Crippen molar-refractivity contribution < 1.29 is 4.79 Å². The van der Waals surface area contributed by atoms with Crippen molar-refractivity contribution in [2.45, 2.75) is 12.8 Å². The highest BCUT2D eigenvalue weighted by molar-refractivity contribution is 5.92. The molecule has 1 fully saturated rings. The Kier molecular flexibility index (Phi) is 4.59. The van der Waals surface area contributed by atoms with Gasteiger partial charge in [0, 0.05) is 49.5 Å². The first-order valence-corrected chi connectivity index (χ1v) is 8.72. The summed E-state index contributed by atoms with van der Waals surface area (Å²) in [6.45, 7) is 1.58. The van der Waals surface area contributed by atoms with Gasteiger partial charge in [-0.05, 0) is 49.2 Å². The summed E-state index contributed by atoms with van der Waals surface area (Å²) < 4.78 is 1.78. The molecule has 3 heterocycles. The van der Waals surface area contributed by atoms with Crippen LogP contribution in [0.5, 0.6) is 0 Å². The van der Waals surface area contributed by atoms with Crippen LogP contribution in [-0.2, 0) is 4.79 Å². The molecule has 1 N–H and O–H groups in total. The number of hydrogen-bond donors (Lipinski definition) is 1. The van der Waals surface area contributed by atoms with Crippen LogP contribution >= 0.6 is 0 Å². The molecular formula is C19H20N6O. The van der Waals surface area contributed by atoms with Crippen molar-refractivity contribution in [2.24, 2.45) is 5.92 Å². The molecule has 7 heteroatoms. The van der Waals surface area contributed by atoms with Gasteiger partial charge in [-0.2, -0.15) is 5.10 Å². The fourth-order valence-electron chi connectivity index (χ4n) is 3.16. The summed E-state index contributed by atoms with van der Waals surface area (Å²) in [4.78, 5) is 23.2. The third-order valence-corrected chi connectivity index (χ3v) is 4.60. The quantitative estimate of drug-likeness (QED) is 0.784. The normalized spacial score (nSPS) is 15.0. The highest BCUT2D eigenvalue weighted by atomic mass is 16.1. The number of anilines is 2. The second-order valence-electron chi connectivity index (χ2n) is 6.30. The minimum Gasteiger partial charge on any atom is -0.341 e. The van der Waals surface area contributed by atoms with Gasteiger partial charge in [-0.25, -0.2) is 14.6 Å². The van der Waals surface area contributed by atoms with Crippen molar-refractivity contribution in [3.05, 3.63) is 61.2 Å². The van der Waals surface area contributed by atoms with Crippen molar-refractivity contribution >= 4 is 17.5 Å².